The van der Waals surface area contributed by atoms with Gasteiger partial charge in [-0.15, -0.1) is 0 Å². The predicted molar refractivity (Wildman–Crippen MR) is 102 cm³/mol. The van der Waals surface area contributed by atoms with Gasteiger partial charge in [-0.25, -0.2) is 9.59 Å². The Kier molecular flexibility index (Phi) is 7.41. The van der Waals surface area contributed by atoms with Crippen LogP contribution in [-0.2, 0) is 14.3 Å². The molecule has 2 aromatic carbocycles. The molecule has 0 bridgehead atoms. The van der Waals surface area contributed by atoms with Crippen LogP contribution >= 0.6 is 0 Å². The molecule has 2 aromatic rings. The molecule has 148 valence electrons. The van der Waals surface area contributed by atoms with Crippen molar-refractivity contribution in [3.8, 4) is 11.5 Å². The zero-order valence-electron chi connectivity index (χ0n) is 15.4. The highest BCUT2D eigenvalue weighted by atomic mass is 16.6. The molecular formula is C20H21NO7. The molecule has 0 aromatic heterocycles. The minimum absolute atomic E-state index is 0.158. The van der Waals surface area contributed by atoms with Gasteiger partial charge in [-0.05, 0) is 35.9 Å². The number of nitrogens with one attached hydrogen (secondary N) is 1. The number of carbonyl (C=O) groups is 2. The number of benzene rings is 2. The van der Waals surface area contributed by atoms with Crippen molar-refractivity contribution in [2.75, 3.05) is 19.5 Å². The summed E-state index contributed by atoms with van der Waals surface area (Å²) in [5.41, 5.74) is 0.919. The molecule has 0 fully saturated rings. The number of amides is 1. The van der Waals surface area contributed by atoms with E-state index in [-0.39, 0.29) is 11.5 Å². The van der Waals surface area contributed by atoms with Crippen molar-refractivity contribution in [1.29, 1.82) is 0 Å². The van der Waals surface area contributed by atoms with Gasteiger partial charge in [0.05, 0.1) is 7.11 Å². The second-order valence-electron chi connectivity index (χ2n) is 5.65. The molecule has 2 rings (SSSR count). The Morgan fingerprint density at radius 2 is 1.82 bits per heavy atom. The minimum Gasteiger partial charge on any atom is -0.504 e. The number of phenols is 1. The number of hydrogen-bond acceptors (Lipinski definition) is 6. The van der Waals surface area contributed by atoms with E-state index in [0.717, 1.165) is 6.08 Å². The van der Waals surface area contributed by atoms with Crippen molar-refractivity contribution in [1.82, 2.24) is 0 Å². The second-order valence-corrected chi connectivity index (χ2v) is 5.65. The number of rotatable bonds is 8. The van der Waals surface area contributed by atoms with Crippen LogP contribution in [0.5, 0.6) is 11.5 Å². The zero-order valence-corrected chi connectivity index (χ0v) is 15.4. The van der Waals surface area contributed by atoms with Crippen molar-refractivity contribution < 1.29 is 34.0 Å². The Balaban J connectivity index is 2.30. The van der Waals surface area contributed by atoms with Crippen LogP contribution in [0.25, 0.3) is 0 Å². The molecule has 1 amide bonds. The molecule has 0 radical (unpaired) electrons. The molecule has 8 nitrogen and oxygen atoms in total. The molecule has 3 N–H and O–H groups in total. The van der Waals surface area contributed by atoms with E-state index in [9.17, 15) is 14.7 Å². The van der Waals surface area contributed by atoms with E-state index in [2.05, 4.69) is 5.32 Å². The summed E-state index contributed by atoms with van der Waals surface area (Å²) in [6.07, 6.45) is -0.559. The topological polar surface area (TPSA) is 114 Å². The van der Waals surface area contributed by atoms with E-state index < -0.39 is 24.3 Å². The van der Waals surface area contributed by atoms with Crippen LogP contribution in [0, 0.1) is 0 Å². The molecule has 28 heavy (non-hydrogen) atoms. The maximum absolute atomic E-state index is 12.3. The fourth-order valence-corrected chi connectivity index (χ4v) is 2.47. The van der Waals surface area contributed by atoms with Crippen LogP contribution in [0.1, 0.15) is 11.7 Å². The largest absolute Gasteiger partial charge is 0.504 e. The Bertz CT molecular complexity index is 836. The summed E-state index contributed by atoms with van der Waals surface area (Å²) in [4.78, 5) is 23.2. The number of anilines is 1. The van der Waals surface area contributed by atoms with Gasteiger partial charge in [0.25, 0.3) is 0 Å². The lowest BCUT2D eigenvalue weighted by atomic mass is 10.0. The third-order valence-corrected chi connectivity index (χ3v) is 3.78. The molecule has 0 aliphatic rings. The first-order valence-electron chi connectivity index (χ1n) is 8.28. The van der Waals surface area contributed by atoms with Crippen LogP contribution in [-0.4, -0.2) is 42.6 Å². The number of carboxylic acids is 1. The van der Waals surface area contributed by atoms with Crippen LogP contribution in [0.15, 0.2) is 60.7 Å². The summed E-state index contributed by atoms with van der Waals surface area (Å²) in [5.74, 6) is -1.09. The Labute approximate surface area is 162 Å². The SMILES string of the molecule is COc1ccc([C@@H](OC(=O)Nc2ccccc2)[C@@H](/C=C/C(=O)O)OC)cc1O. The van der Waals surface area contributed by atoms with Gasteiger partial charge >= 0.3 is 12.1 Å². The summed E-state index contributed by atoms with van der Waals surface area (Å²) in [7, 11) is 2.76. The summed E-state index contributed by atoms with van der Waals surface area (Å²) in [6, 6.07) is 13.1. The van der Waals surface area contributed by atoms with Gasteiger partial charge in [0.15, 0.2) is 17.6 Å². The van der Waals surface area contributed by atoms with E-state index in [1.807, 2.05) is 0 Å². The Morgan fingerprint density at radius 1 is 1.11 bits per heavy atom. The molecule has 8 heteroatoms. The highest BCUT2D eigenvalue weighted by Gasteiger charge is 2.27. The first-order chi connectivity index (χ1) is 13.4. The third kappa shape index (κ3) is 5.75. The van der Waals surface area contributed by atoms with E-state index in [1.54, 1.807) is 36.4 Å². The maximum atomic E-state index is 12.3. The molecule has 0 aliphatic heterocycles. The average Bonchev–Trinajstić information content (AvgIpc) is 2.68. The molecule has 0 heterocycles. The number of carbonyl (C=O) groups excluding carboxylic acids is 1. The van der Waals surface area contributed by atoms with Crippen LogP contribution in [0.4, 0.5) is 10.5 Å². The van der Waals surface area contributed by atoms with Gasteiger partial charge < -0.3 is 24.4 Å². The zero-order chi connectivity index (χ0) is 20.5. The fraction of sp³-hybridized carbons (Fsp3) is 0.200. The van der Waals surface area contributed by atoms with Crippen molar-refractivity contribution in [3.05, 3.63) is 66.2 Å². The monoisotopic (exact) mass is 387 g/mol. The summed E-state index contributed by atoms with van der Waals surface area (Å²) >= 11 is 0. The second kappa shape index (κ2) is 9.98. The van der Waals surface area contributed by atoms with Gasteiger partial charge in [-0.3, -0.25) is 5.32 Å². The lowest BCUT2D eigenvalue weighted by Gasteiger charge is -2.24. The van der Waals surface area contributed by atoms with Crippen molar-refractivity contribution in [2.24, 2.45) is 0 Å². The number of aromatic hydroxyl groups is 1. The normalized spacial score (nSPS) is 12.9. The number of aliphatic carboxylic acids is 1. The quantitative estimate of drug-likeness (QED) is 0.595. The first-order valence-corrected chi connectivity index (χ1v) is 8.28. The fourth-order valence-electron chi connectivity index (χ4n) is 2.47. The van der Waals surface area contributed by atoms with Crippen molar-refractivity contribution in [2.45, 2.75) is 12.2 Å². The standard InChI is InChI=1S/C20H21NO7/c1-26-16-9-8-13(12-15(16)22)19(17(27-2)10-11-18(23)24)28-20(25)21-14-6-4-3-5-7-14/h3-12,17,19,22H,1-2H3,(H,21,25)(H,23,24)/b11-10+/t17-,19-/m1/s1. The predicted octanol–water partition coefficient (Wildman–Crippen LogP) is 3.35. The summed E-state index contributed by atoms with van der Waals surface area (Å²) in [5, 5.41) is 21.5. The van der Waals surface area contributed by atoms with E-state index in [0.29, 0.717) is 11.3 Å². The highest BCUT2D eigenvalue weighted by molar-refractivity contribution is 5.84. The van der Waals surface area contributed by atoms with E-state index in [1.165, 1.54) is 32.4 Å². The van der Waals surface area contributed by atoms with E-state index in [4.69, 9.17) is 19.3 Å². The number of carboxylic acid groups (broad SMARTS) is 1. The van der Waals surface area contributed by atoms with Crippen LogP contribution in [0.3, 0.4) is 0 Å². The summed E-state index contributed by atoms with van der Waals surface area (Å²) in [6.45, 7) is 0. The van der Waals surface area contributed by atoms with Crippen LogP contribution < -0.4 is 10.1 Å². The average molecular weight is 387 g/mol. The molecule has 0 saturated carbocycles. The lowest BCUT2D eigenvalue weighted by Crippen LogP contribution is -2.27. The van der Waals surface area contributed by atoms with Gasteiger partial charge in [-0.1, -0.05) is 24.3 Å². The molecular weight excluding hydrogens is 366 g/mol. The molecule has 0 saturated heterocycles. The molecule has 0 aliphatic carbocycles. The van der Waals surface area contributed by atoms with Gasteiger partial charge in [0.1, 0.15) is 6.10 Å². The minimum atomic E-state index is -1.17. The smallest absolute Gasteiger partial charge is 0.412 e. The third-order valence-electron chi connectivity index (χ3n) is 3.78. The molecule has 0 unspecified atom stereocenters. The number of phenolic OH excluding ortho intramolecular Hbond substituents is 1. The summed E-state index contributed by atoms with van der Waals surface area (Å²) < 4.78 is 15.8. The molecule has 2 atom stereocenters. The van der Waals surface area contributed by atoms with Gasteiger partial charge in [0, 0.05) is 18.9 Å². The van der Waals surface area contributed by atoms with Gasteiger partial charge in [0.2, 0.25) is 0 Å². The van der Waals surface area contributed by atoms with Crippen molar-refractivity contribution >= 4 is 17.7 Å². The number of para-hydroxylation sites is 1. The van der Waals surface area contributed by atoms with E-state index >= 15 is 0 Å². The van der Waals surface area contributed by atoms with Crippen molar-refractivity contribution in [3.63, 3.8) is 0 Å². The molecule has 0 spiro atoms. The first kappa shape index (κ1) is 20.8. The lowest BCUT2D eigenvalue weighted by molar-refractivity contribution is -0.131. The Morgan fingerprint density at radius 3 is 2.39 bits per heavy atom. The van der Waals surface area contributed by atoms with Crippen LogP contribution in [0.2, 0.25) is 0 Å². The number of ether oxygens (including phenoxy) is 3. The maximum Gasteiger partial charge on any atom is 0.412 e. The highest BCUT2D eigenvalue weighted by Crippen LogP contribution is 2.33. The van der Waals surface area contributed by atoms with Gasteiger partial charge in [-0.2, -0.15) is 0 Å². The number of hydrogen-bond donors (Lipinski definition) is 3. The Hall–Kier alpha value is -3.52. The number of methoxy groups -OCH3 is 2.